The van der Waals surface area contributed by atoms with Crippen molar-refractivity contribution in [1.82, 2.24) is 9.88 Å². The number of likely N-dealkylation sites (tertiary alicyclic amines) is 1. The number of nitrogen functional groups attached to an aromatic ring is 1. The van der Waals surface area contributed by atoms with E-state index in [1.807, 2.05) is 0 Å². The van der Waals surface area contributed by atoms with Crippen LogP contribution in [0.2, 0.25) is 0 Å². The molecule has 18 heavy (non-hydrogen) atoms. The molecule has 0 aromatic carbocycles. The summed E-state index contributed by atoms with van der Waals surface area (Å²) in [6, 6.07) is 0. The molecule has 0 aliphatic carbocycles. The van der Waals surface area contributed by atoms with Gasteiger partial charge < -0.3 is 15.7 Å². The number of carboxylic acid groups (broad SMARTS) is 1. The Balaban J connectivity index is 1.94. The number of thiazole rings is 1. The Morgan fingerprint density at radius 1 is 1.61 bits per heavy atom. The second-order valence-electron chi connectivity index (χ2n) is 4.37. The summed E-state index contributed by atoms with van der Waals surface area (Å²) in [5.41, 5.74) is 6.15. The zero-order valence-corrected chi connectivity index (χ0v) is 10.7. The fourth-order valence-corrected chi connectivity index (χ4v) is 2.64. The summed E-state index contributed by atoms with van der Waals surface area (Å²) in [5, 5.41) is 11.2. The van der Waals surface area contributed by atoms with Crippen LogP contribution in [0.1, 0.15) is 18.5 Å². The average molecular weight is 269 g/mol. The van der Waals surface area contributed by atoms with Crippen LogP contribution in [0.3, 0.4) is 0 Å². The maximum Gasteiger partial charge on any atom is 0.308 e. The van der Waals surface area contributed by atoms with Crippen molar-refractivity contribution in [1.29, 1.82) is 0 Å². The molecule has 1 saturated heterocycles. The molecule has 3 N–H and O–H groups in total. The summed E-state index contributed by atoms with van der Waals surface area (Å²) in [6.07, 6.45) is 1.57. The van der Waals surface area contributed by atoms with E-state index in [9.17, 15) is 9.59 Å². The molecular formula is C11H15N3O3S. The van der Waals surface area contributed by atoms with Gasteiger partial charge in [-0.25, -0.2) is 4.98 Å². The molecule has 0 saturated carbocycles. The number of amides is 1. The zero-order chi connectivity index (χ0) is 13.1. The van der Waals surface area contributed by atoms with Gasteiger partial charge in [-0.3, -0.25) is 9.59 Å². The topological polar surface area (TPSA) is 96.5 Å². The first-order valence-electron chi connectivity index (χ1n) is 5.76. The lowest BCUT2D eigenvalue weighted by molar-refractivity contribution is -0.145. The Morgan fingerprint density at radius 2 is 2.39 bits per heavy atom. The maximum atomic E-state index is 12.0. The van der Waals surface area contributed by atoms with Crippen LogP contribution in [0.15, 0.2) is 5.38 Å². The lowest BCUT2D eigenvalue weighted by Gasteiger charge is -2.30. The van der Waals surface area contributed by atoms with Crippen LogP contribution in [0.5, 0.6) is 0 Å². The van der Waals surface area contributed by atoms with Gasteiger partial charge in [0.05, 0.1) is 18.0 Å². The van der Waals surface area contributed by atoms with Crippen LogP contribution in [-0.4, -0.2) is 40.0 Å². The normalized spacial score (nSPS) is 19.8. The Hall–Kier alpha value is -1.63. The molecule has 2 rings (SSSR count). The van der Waals surface area contributed by atoms with Gasteiger partial charge in [-0.2, -0.15) is 0 Å². The van der Waals surface area contributed by atoms with E-state index in [4.69, 9.17) is 10.8 Å². The number of carboxylic acids is 1. The SMILES string of the molecule is Nc1nc(CC(=O)N2CCC[C@H](C(=O)O)C2)cs1. The summed E-state index contributed by atoms with van der Waals surface area (Å²) in [6.45, 7) is 0.927. The van der Waals surface area contributed by atoms with Gasteiger partial charge in [-0.05, 0) is 12.8 Å². The van der Waals surface area contributed by atoms with Crippen molar-refractivity contribution < 1.29 is 14.7 Å². The number of rotatable bonds is 3. The second-order valence-corrected chi connectivity index (χ2v) is 5.26. The number of piperidine rings is 1. The van der Waals surface area contributed by atoms with E-state index in [-0.39, 0.29) is 12.3 Å². The van der Waals surface area contributed by atoms with E-state index in [1.54, 1.807) is 10.3 Å². The Labute approximate surface area is 108 Å². The van der Waals surface area contributed by atoms with Crippen LogP contribution in [0.4, 0.5) is 5.13 Å². The van der Waals surface area contributed by atoms with Crippen molar-refractivity contribution in [2.45, 2.75) is 19.3 Å². The Morgan fingerprint density at radius 3 is 3.00 bits per heavy atom. The molecule has 1 aliphatic rings. The fourth-order valence-electron chi connectivity index (χ4n) is 2.08. The highest BCUT2D eigenvalue weighted by Gasteiger charge is 2.28. The van der Waals surface area contributed by atoms with Gasteiger partial charge in [0.15, 0.2) is 5.13 Å². The van der Waals surface area contributed by atoms with Gasteiger partial charge in [-0.15, -0.1) is 11.3 Å². The molecule has 1 atom stereocenters. The van der Waals surface area contributed by atoms with E-state index in [0.717, 1.165) is 6.42 Å². The van der Waals surface area contributed by atoms with E-state index < -0.39 is 11.9 Å². The molecule has 0 spiro atoms. The first-order chi connectivity index (χ1) is 8.56. The number of carbonyl (C=O) groups excluding carboxylic acids is 1. The van der Waals surface area contributed by atoms with Gasteiger partial charge in [0.2, 0.25) is 5.91 Å². The van der Waals surface area contributed by atoms with E-state index in [2.05, 4.69) is 4.98 Å². The highest BCUT2D eigenvalue weighted by molar-refractivity contribution is 7.13. The number of carbonyl (C=O) groups is 2. The summed E-state index contributed by atoms with van der Waals surface area (Å²) in [7, 11) is 0. The number of hydrogen-bond donors (Lipinski definition) is 2. The summed E-state index contributed by atoms with van der Waals surface area (Å²) < 4.78 is 0. The third kappa shape index (κ3) is 2.98. The number of aromatic nitrogens is 1. The van der Waals surface area contributed by atoms with Crippen molar-refractivity contribution in [2.75, 3.05) is 18.8 Å². The molecule has 2 heterocycles. The number of nitrogens with two attached hydrogens (primary N) is 1. The predicted octanol–water partition coefficient (Wildman–Crippen LogP) is 0.591. The van der Waals surface area contributed by atoms with Crippen LogP contribution < -0.4 is 5.73 Å². The predicted molar refractivity (Wildman–Crippen MR) is 67.2 cm³/mol. The van der Waals surface area contributed by atoms with Crippen molar-refractivity contribution in [2.24, 2.45) is 5.92 Å². The molecule has 0 unspecified atom stereocenters. The number of aliphatic carboxylic acids is 1. The summed E-state index contributed by atoms with van der Waals surface area (Å²) >= 11 is 1.30. The van der Waals surface area contributed by atoms with Crippen molar-refractivity contribution in [3.05, 3.63) is 11.1 Å². The molecule has 98 valence electrons. The molecule has 1 fully saturated rings. The third-order valence-electron chi connectivity index (χ3n) is 3.03. The molecule has 1 aromatic rings. The van der Waals surface area contributed by atoms with Crippen LogP contribution in [0.25, 0.3) is 0 Å². The zero-order valence-electron chi connectivity index (χ0n) is 9.83. The smallest absolute Gasteiger partial charge is 0.308 e. The molecule has 1 aliphatic heterocycles. The monoisotopic (exact) mass is 269 g/mol. The first-order valence-corrected chi connectivity index (χ1v) is 6.64. The third-order valence-corrected chi connectivity index (χ3v) is 3.75. The maximum absolute atomic E-state index is 12.0. The molecule has 7 heteroatoms. The summed E-state index contributed by atoms with van der Waals surface area (Å²) in [4.78, 5) is 28.6. The number of nitrogens with zero attached hydrogens (tertiary/aromatic N) is 2. The molecule has 1 aromatic heterocycles. The minimum Gasteiger partial charge on any atom is -0.481 e. The highest BCUT2D eigenvalue weighted by Crippen LogP contribution is 2.18. The number of hydrogen-bond acceptors (Lipinski definition) is 5. The van der Waals surface area contributed by atoms with Crippen molar-refractivity contribution in [3.8, 4) is 0 Å². The van der Waals surface area contributed by atoms with Gasteiger partial charge in [0, 0.05) is 18.5 Å². The fraction of sp³-hybridized carbons (Fsp3) is 0.545. The standard InChI is InChI=1S/C11H15N3O3S/c12-11-13-8(6-18-11)4-9(15)14-3-1-2-7(5-14)10(16)17/h6-7H,1-5H2,(H2,12,13)(H,16,17)/t7-/m0/s1. The number of anilines is 1. The van der Waals surface area contributed by atoms with Gasteiger partial charge in [0.1, 0.15) is 0 Å². The second kappa shape index (κ2) is 5.34. The molecule has 1 amide bonds. The minimum atomic E-state index is -0.828. The average Bonchev–Trinajstić information content (AvgIpc) is 2.75. The largest absolute Gasteiger partial charge is 0.481 e. The van der Waals surface area contributed by atoms with Crippen LogP contribution in [0, 0.1) is 5.92 Å². The quantitative estimate of drug-likeness (QED) is 0.837. The highest BCUT2D eigenvalue weighted by atomic mass is 32.1. The van der Waals surface area contributed by atoms with E-state index >= 15 is 0 Å². The molecule has 6 nitrogen and oxygen atoms in total. The van der Waals surface area contributed by atoms with E-state index in [0.29, 0.717) is 30.3 Å². The molecule has 0 bridgehead atoms. The first kappa shape index (κ1) is 12.8. The lowest BCUT2D eigenvalue weighted by Crippen LogP contribution is -2.43. The van der Waals surface area contributed by atoms with Crippen LogP contribution >= 0.6 is 11.3 Å². The lowest BCUT2D eigenvalue weighted by atomic mass is 9.98. The van der Waals surface area contributed by atoms with Crippen LogP contribution in [-0.2, 0) is 16.0 Å². The van der Waals surface area contributed by atoms with E-state index in [1.165, 1.54) is 11.3 Å². The van der Waals surface area contributed by atoms with Gasteiger partial charge in [0.25, 0.3) is 0 Å². The van der Waals surface area contributed by atoms with Crippen molar-refractivity contribution >= 4 is 28.3 Å². The van der Waals surface area contributed by atoms with Gasteiger partial charge >= 0.3 is 5.97 Å². The van der Waals surface area contributed by atoms with Gasteiger partial charge in [-0.1, -0.05) is 0 Å². The Bertz CT molecular complexity index is 460. The Kier molecular flexibility index (Phi) is 3.81. The molecular weight excluding hydrogens is 254 g/mol. The minimum absolute atomic E-state index is 0.0775. The molecule has 0 radical (unpaired) electrons. The summed E-state index contributed by atoms with van der Waals surface area (Å²) in [5.74, 6) is -1.35. The van der Waals surface area contributed by atoms with Crippen molar-refractivity contribution in [3.63, 3.8) is 0 Å².